The lowest BCUT2D eigenvalue weighted by Crippen LogP contribution is -2.52. The lowest BCUT2D eigenvalue weighted by molar-refractivity contribution is -0.137. The molecule has 4 saturated heterocycles. The summed E-state index contributed by atoms with van der Waals surface area (Å²) in [6.45, 7) is 45.7. The maximum absolute atomic E-state index is 13.2. The number of hydrogen-bond donors (Lipinski definition) is 5. The molecule has 133 heavy (non-hydrogen) atoms. The number of imide groups is 2. The van der Waals surface area contributed by atoms with Gasteiger partial charge in [0.2, 0.25) is 35.0 Å². The van der Waals surface area contributed by atoms with E-state index < -0.39 is 23.9 Å². The van der Waals surface area contributed by atoms with Crippen molar-refractivity contribution in [3.8, 4) is 34.5 Å². The number of methoxy groups -OCH3 is 4. The molecule has 0 spiro atoms. The number of rotatable bonds is 41. The van der Waals surface area contributed by atoms with Crippen molar-refractivity contribution in [1.29, 1.82) is 0 Å². The SMILES string of the molecule is C=C1c2cccc(CCCOCCOCCOCCC)c2C(=O)N1C1CCC(=O)NC1=O.C=C1c2cccc(NCCOCCOCCC)c2C(=O)N1C1CCC(=O)NC1=O.[C-]#[N+]c1cnc2cc(OCCCN3CCN(C)CC3)c(OC)cc2c1Nc1cc(OC)c(Cl)cc1Cl.[C-]#[N+]c1cnc2cc(OCCCN3CCN(C)CC3)c(OC)cc2c1Nc1cc(OC)c(Cl)cc1Cl. The van der Waals surface area contributed by atoms with E-state index in [9.17, 15) is 28.8 Å². The summed E-state index contributed by atoms with van der Waals surface area (Å²) in [5.74, 6) is 1.25. The van der Waals surface area contributed by atoms with Crippen LogP contribution in [0.3, 0.4) is 0 Å². The Kier molecular flexibility index (Phi) is 39.5. The maximum Gasteiger partial charge on any atom is 0.261 e. The smallest absolute Gasteiger partial charge is 0.261 e. The summed E-state index contributed by atoms with van der Waals surface area (Å²) >= 11 is 25.2. The number of piperazine rings is 2. The molecule has 710 valence electrons. The minimum Gasteiger partial charge on any atom is -0.495 e. The van der Waals surface area contributed by atoms with Gasteiger partial charge in [-0.25, -0.2) is 9.69 Å². The van der Waals surface area contributed by atoms with Crippen LogP contribution in [0.4, 0.5) is 39.8 Å². The van der Waals surface area contributed by atoms with Crippen LogP contribution in [0.2, 0.25) is 20.1 Å². The summed E-state index contributed by atoms with van der Waals surface area (Å²) in [4.78, 5) is 102. The van der Waals surface area contributed by atoms with Gasteiger partial charge < -0.3 is 87.7 Å². The molecule has 14 rings (SSSR count). The third-order valence-corrected chi connectivity index (χ3v) is 24.1. The molecule has 6 aliphatic rings. The molecule has 2 atom stereocenters. The molecule has 4 fully saturated rings. The molecule has 0 saturated carbocycles. The number of amides is 6. The molecule has 0 bridgehead atoms. The summed E-state index contributed by atoms with van der Waals surface area (Å²) in [6, 6.07) is 23.6. The highest BCUT2D eigenvalue weighted by Gasteiger charge is 2.44. The number of halogens is 4. The maximum atomic E-state index is 13.2. The number of aromatic nitrogens is 2. The van der Waals surface area contributed by atoms with Crippen molar-refractivity contribution in [1.82, 2.24) is 50.0 Å². The predicted molar refractivity (Wildman–Crippen MR) is 517 cm³/mol. The Labute approximate surface area is 796 Å². The number of anilines is 5. The van der Waals surface area contributed by atoms with Crippen LogP contribution in [0.1, 0.15) is 109 Å². The number of benzene rings is 6. The highest BCUT2D eigenvalue weighted by atomic mass is 35.5. The van der Waals surface area contributed by atoms with Crippen molar-refractivity contribution >= 4 is 155 Å². The van der Waals surface area contributed by atoms with Crippen LogP contribution >= 0.6 is 46.4 Å². The van der Waals surface area contributed by atoms with Gasteiger partial charge >= 0.3 is 0 Å². The Morgan fingerprint density at radius 1 is 0.466 bits per heavy atom. The highest BCUT2D eigenvalue weighted by Crippen LogP contribution is 2.47. The second-order valence-corrected chi connectivity index (χ2v) is 33.6. The number of carbonyl (C=O) groups is 6. The van der Waals surface area contributed by atoms with E-state index in [-0.39, 0.29) is 36.5 Å². The number of hydrogen-bond acceptors (Lipinski definition) is 26. The molecule has 6 amide bonds. The van der Waals surface area contributed by atoms with Gasteiger partial charge in [-0.05, 0) is 101 Å². The van der Waals surface area contributed by atoms with E-state index in [2.05, 4.69) is 107 Å². The minimum atomic E-state index is -0.723. The zero-order chi connectivity index (χ0) is 95.0. The predicted octanol–water partition coefficient (Wildman–Crippen LogP) is 15.8. The van der Waals surface area contributed by atoms with Gasteiger partial charge in [0.25, 0.3) is 11.8 Å². The number of aryl methyl sites for hydroxylation is 1. The first-order valence-electron chi connectivity index (χ1n) is 44.5. The topological polar surface area (TPSA) is 318 Å². The summed E-state index contributed by atoms with van der Waals surface area (Å²) in [6.07, 6.45) is 9.32. The van der Waals surface area contributed by atoms with Gasteiger partial charge in [-0.1, -0.05) is 104 Å². The molecule has 2 unspecified atom stereocenters. The van der Waals surface area contributed by atoms with E-state index in [1.807, 2.05) is 60.7 Å². The monoisotopic (exact) mass is 1900 g/mol. The van der Waals surface area contributed by atoms with E-state index >= 15 is 0 Å². The number of piperidine rings is 2. The summed E-state index contributed by atoms with van der Waals surface area (Å²) in [7, 11) is 10.6. The van der Waals surface area contributed by atoms with Gasteiger partial charge in [0.15, 0.2) is 23.0 Å². The Balaban J connectivity index is 0.000000171. The van der Waals surface area contributed by atoms with Crippen molar-refractivity contribution in [2.75, 3.05) is 210 Å². The number of likely N-dealkylation sites (N-methyl/N-ethyl adjacent to an activating group) is 2. The first kappa shape index (κ1) is 102. The van der Waals surface area contributed by atoms with E-state index in [0.29, 0.717) is 236 Å². The van der Waals surface area contributed by atoms with Gasteiger partial charge in [-0.2, -0.15) is 0 Å². The average Bonchev–Trinajstić information content (AvgIpc) is 1.49. The van der Waals surface area contributed by atoms with Crippen LogP contribution in [-0.4, -0.2) is 281 Å². The van der Waals surface area contributed by atoms with Crippen LogP contribution in [0.15, 0.2) is 110 Å². The standard InChI is InChI=1S/2C26H29Cl2N5O3.C24H32N2O6.C21H27N3O5/c2*1-29-22-16-30-20-14-25(36-11-5-6-33-9-7-32(2)8-10-33)24(35-4)12-17(20)26(22)31-21-15-23(34-3)19(28)13-18(21)27;1-3-11-30-13-15-32-16-14-31-12-5-7-18-6-4-8-19-17(2)26(24(29)22(18)19)20-9-10-21(27)25-23(20)28;1-3-10-28-12-13-29-11-9-22-16-6-4-5-15-14(2)24(21(27)19(15)16)17-7-8-18(25)23-20(17)26/h2*12-16H,5-11H2,2-4H3,(H,30,31);4,6,8,20H,2-3,5,7,9-16H2,1H3,(H,25,27,28);4-6,17,22H,2-3,7-13H2,1H3,(H,23,25,26). The molecular formula is C97H117Cl4N15O17. The lowest BCUT2D eigenvalue weighted by atomic mass is 9.99. The fourth-order valence-corrected chi connectivity index (χ4v) is 16.8. The van der Waals surface area contributed by atoms with Gasteiger partial charge in [-0.15, -0.1) is 0 Å². The van der Waals surface area contributed by atoms with Crippen molar-refractivity contribution < 1.29 is 80.9 Å². The van der Waals surface area contributed by atoms with Crippen molar-refractivity contribution in [2.24, 2.45) is 0 Å². The zero-order valence-electron chi connectivity index (χ0n) is 76.6. The van der Waals surface area contributed by atoms with Crippen LogP contribution in [0, 0.1) is 13.1 Å². The Morgan fingerprint density at radius 2 is 0.880 bits per heavy atom. The number of nitrogens with zero attached hydrogens (tertiary/aromatic N) is 10. The van der Waals surface area contributed by atoms with Crippen LogP contribution in [0.5, 0.6) is 34.5 Å². The van der Waals surface area contributed by atoms with Crippen molar-refractivity contribution in [3.63, 3.8) is 0 Å². The molecule has 8 aromatic rings. The third kappa shape index (κ3) is 27.3. The van der Waals surface area contributed by atoms with Crippen LogP contribution < -0.4 is 55.0 Å². The number of carbonyl (C=O) groups excluding carboxylic acids is 6. The molecule has 2 aromatic heterocycles. The van der Waals surface area contributed by atoms with Crippen molar-refractivity contribution in [2.45, 2.75) is 90.1 Å². The fourth-order valence-electron chi connectivity index (χ4n) is 15.8. The first-order valence-corrected chi connectivity index (χ1v) is 46.0. The molecule has 32 nitrogen and oxygen atoms in total. The summed E-state index contributed by atoms with van der Waals surface area (Å²) in [5, 5.41) is 17.4. The molecule has 8 heterocycles. The molecule has 6 aromatic carbocycles. The van der Waals surface area contributed by atoms with Gasteiger partial charge in [0.1, 0.15) is 23.6 Å². The summed E-state index contributed by atoms with van der Waals surface area (Å²) in [5.41, 5.74) is 9.34. The zero-order valence-corrected chi connectivity index (χ0v) is 79.6. The Morgan fingerprint density at radius 3 is 1.31 bits per heavy atom. The van der Waals surface area contributed by atoms with E-state index in [1.165, 1.54) is 36.4 Å². The fraction of sp³-hybridized carbons (Fsp3) is 0.443. The largest absolute Gasteiger partial charge is 0.495 e. The van der Waals surface area contributed by atoms with Gasteiger partial charge in [0.05, 0.1) is 166 Å². The number of nitrogens with one attached hydrogen (secondary N) is 5. The molecule has 0 radical (unpaired) electrons. The highest BCUT2D eigenvalue weighted by molar-refractivity contribution is 6.38. The summed E-state index contributed by atoms with van der Waals surface area (Å²) < 4.78 is 61.4. The second-order valence-electron chi connectivity index (χ2n) is 32.0. The molecule has 36 heteroatoms. The van der Waals surface area contributed by atoms with Gasteiger partial charge in [0, 0.05) is 180 Å². The third-order valence-electron chi connectivity index (χ3n) is 22.9. The van der Waals surface area contributed by atoms with E-state index in [4.69, 9.17) is 112 Å². The first-order chi connectivity index (χ1) is 64.4. The molecule has 5 N–H and O–H groups in total. The second kappa shape index (κ2) is 51.3. The molecular weight excluding hydrogens is 1790 g/mol. The molecule has 6 aliphatic heterocycles. The molecule has 0 aliphatic carbocycles. The number of ether oxygens (including phenoxy) is 11. The lowest BCUT2D eigenvalue weighted by Gasteiger charge is -2.32. The van der Waals surface area contributed by atoms with E-state index in [1.54, 1.807) is 38.5 Å². The Hall–Kier alpha value is -11.2. The normalized spacial score (nSPS) is 16.3. The van der Waals surface area contributed by atoms with Crippen molar-refractivity contribution in [3.05, 3.63) is 181 Å². The van der Waals surface area contributed by atoms with Gasteiger partial charge in [-0.3, -0.25) is 59.2 Å². The minimum absolute atomic E-state index is 0.203. The average molecular weight is 1910 g/mol. The number of pyridine rings is 2. The van der Waals surface area contributed by atoms with E-state index in [0.717, 1.165) is 122 Å². The van der Waals surface area contributed by atoms with Crippen LogP contribution in [0.25, 0.3) is 42.9 Å². The Bertz CT molecular complexity index is 5330. The quantitative estimate of drug-likeness (QED) is 0.0135. The van der Waals surface area contributed by atoms with Crippen LogP contribution in [-0.2, 0) is 49.3 Å². The number of fused-ring (bicyclic) bond motifs is 4.